The fraction of sp³-hybridized carbons (Fsp3) is 0.933. The molecule has 3 atom stereocenters. The number of aliphatic hydroxyl groups excluding tert-OH is 1. The summed E-state index contributed by atoms with van der Waals surface area (Å²) in [4.78, 5) is 16.8. The van der Waals surface area contributed by atoms with Crippen molar-refractivity contribution >= 4 is 6.03 Å². The maximum atomic E-state index is 12.4. The molecule has 3 unspecified atom stereocenters. The van der Waals surface area contributed by atoms with E-state index < -0.39 is 0 Å². The lowest BCUT2D eigenvalue weighted by Gasteiger charge is -2.35. The number of carbonyl (C=O) groups excluding carboxylic acids is 1. The third kappa shape index (κ3) is 2.93. The molecular weight excluding hydrogens is 254 g/mol. The summed E-state index contributed by atoms with van der Waals surface area (Å²) in [5.41, 5.74) is 0. The second kappa shape index (κ2) is 6.31. The van der Waals surface area contributed by atoms with Crippen LogP contribution in [0, 0.1) is 5.92 Å². The first kappa shape index (κ1) is 14.1. The van der Waals surface area contributed by atoms with Crippen molar-refractivity contribution in [2.75, 3.05) is 32.8 Å². The molecule has 0 aromatic rings. The Morgan fingerprint density at radius 2 is 2.00 bits per heavy atom. The first-order chi connectivity index (χ1) is 9.78. The maximum Gasteiger partial charge on any atom is 0.317 e. The molecule has 5 heteroatoms. The van der Waals surface area contributed by atoms with Crippen LogP contribution in [0.2, 0.25) is 0 Å². The van der Waals surface area contributed by atoms with E-state index in [0.29, 0.717) is 18.6 Å². The van der Waals surface area contributed by atoms with Crippen molar-refractivity contribution in [1.82, 2.24) is 15.1 Å². The summed E-state index contributed by atoms with van der Waals surface area (Å²) in [5, 5.41) is 12.5. The van der Waals surface area contributed by atoms with Crippen LogP contribution in [0.25, 0.3) is 0 Å². The molecule has 3 aliphatic rings. The zero-order chi connectivity index (χ0) is 13.9. The number of amides is 2. The normalized spacial score (nSPS) is 34.9. The van der Waals surface area contributed by atoms with Crippen LogP contribution in [-0.2, 0) is 0 Å². The smallest absolute Gasteiger partial charge is 0.317 e. The van der Waals surface area contributed by atoms with Gasteiger partial charge in [-0.3, -0.25) is 4.90 Å². The third-order valence-corrected chi connectivity index (χ3v) is 5.23. The molecule has 3 heterocycles. The Morgan fingerprint density at radius 1 is 1.10 bits per heavy atom. The lowest BCUT2D eigenvalue weighted by molar-refractivity contribution is 0.124. The van der Waals surface area contributed by atoms with E-state index in [4.69, 9.17) is 0 Å². The molecular formula is C15H27N3O2. The maximum absolute atomic E-state index is 12.4. The van der Waals surface area contributed by atoms with Crippen LogP contribution in [-0.4, -0.2) is 65.8 Å². The van der Waals surface area contributed by atoms with E-state index >= 15 is 0 Å². The van der Waals surface area contributed by atoms with Gasteiger partial charge in [-0.1, -0.05) is 6.42 Å². The van der Waals surface area contributed by atoms with Crippen molar-refractivity contribution in [3.63, 3.8) is 0 Å². The van der Waals surface area contributed by atoms with E-state index in [1.807, 2.05) is 4.90 Å². The Morgan fingerprint density at radius 3 is 2.85 bits per heavy atom. The Labute approximate surface area is 121 Å². The number of carbonyl (C=O) groups is 1. The first-order valence-corrected chi connectivity index (χ1v) is 8.18. The van der Waals surface area contributed by atoms with Gasteiger partial charge >= 0.3 is 6.03 Å². The van der Waals surface area contributed by atoms with Crippen molar-refractivity contribution in [3.05, 3.63) is 0 Å². The highest BCUT2D eigenvalue weighted by molar-refractivity contribution is 5.74. The highest BCUT2D eigenvalue weighted by Gasteiger charge is 2.37. The van der Waals surface area contributed by atoms with Crippen LogP contribution in [0.15, 0.2) is 0 Å². The average molecular weight is 281 g/mol. The molecule has 0 radical (unpaired) electrons. The van der Waals surface area contributed by atoms with E-state index in [1.165, 1.54) is 25.8 Å². The standard InChI is InChI=1S/C15H27N3O2/c19-11-12-4-3-8-18(10-12)15(20)16-13-6-9-17-7-2-1-5-14(13)17/h12-14,19H,1-11H2,(H,16,20). The predicted octanol–water partition coefficient (Wildman–Crippen LogP) is 1.03. The minimum atomic E-state index is 0.0839. The fourth-order valence-electron chi connectivity index (χ4n) is 4.06. The average Bonchev–Trinajstić information content (AvgIpc) is 2.90. The zero-order valence-electron chi connectivity index (χ0n) is 12.3. The molecule has 2 N–H and O–H groups in total. The Bertz CT molecular complexity index is 350. The number of rotatable bonds is 2. The summed E-state index contributed by atoms with van der Waals surface area (Å²) >= 11 is 0. The molecule has 5 nitrogen and oxygen atoms in total. The summed E-state index contributed by atoms with van der Waals surface area (Å²) < 4.78 is 0. The number of aliphatic hydroxyl groups is 1. The zero-order valence-corrected chi connectivity index (χ0v) is 12.3. The van der Waals surface area contributed by atoms with Crippen LogP contribution in [0.5, 0.6) is 0 Å². The summed E-state index contributed by atoms with van der Waals surface area (Å²) in [7, 11) is 0. The Kier molecular flexibility index (Phi) is 4.46. The summed E-state index contributed by atoms with van der Waals surface area (Å²) in [6.07, 6.45) is 6.97. The second-order valence-corrected chi connectivity index (χ2v) is 6.58. The SMILES string of the molecule is O=C(NC1CCN2CCCCC12)N1CCCC(CO)C1. The fourth-order valence-corrected chi connectivity index (χ4v) is 4.06. The number of urea groups is 1. The number of hydrogen-bond acceptors (Lipinski definition) is 3. The van der Waals surface area contributed by atoms with Gasteiger partial charge in [0.15, 0.2) is 0 Å². The van der Waals surface area contributed by atoms with Crippen LogP contribution in [0.1, 0.15) is 38.5 Å². The van der Waals surface area contributed by atoms with Gasteiger partial charge in [-0.25, -0.2) is 4.79 Å². The van der Waals surface area contributed by atoms with Crippen LogP contribution < -0.4 is 5.32 Å². The van der Waals surface area contributed by atoms with Crippen LogP contribution in [0.4, 0.5) is 4.79 Å². The first-order valence-electron chi connectivity index (χ1n) is 8.18. The quantitative estimate of drug-likeness (QED) is 0.795. The number of likely N-dealkylation sites (tertiary alicyclic amines) is 1. The predicted molar refractivity (Wildman–Crippen MR) is 77.5 cm³/mol. The van der Waals surface area contributed by atoms with Crippen molar-refractivity contribution in [2.24, 2.45) is 5.92 Å². The number of fused-ring (bicyclic) bond motifs is 1. The topological polar surface area (TPSA) is 55.8 Å². The number of nitrogens with one attached hydrogen (secondary N) is 1. The monoisotopic (exact) mass is 281 g/mol. The highest BCUT2D eigenvalue weighted by Crippen LogP contribution is 2.27. The molecule has 0 aliphatic carbocycles. The summed E-state index contributed by atoms with van der Waals surface area (Å²) in [5.74, 6) is 0.268. The molecule has 114 valence electrons. The summed E-state index contributed by atoms with van der Waals surface area (Å²) in [6.45, 7) is 4.08. The molecule has 0 spiro atoms. The lowest BCUT2D eigenvalue weighted by atomic mass is 9.98. The molecule has 3 rings (SSSR count). The van der Waals surface area contributed by atoms with E-state index in [1.54, 1.807) is 0 Å². The van der Waals surface area contributed by atoms with Gasteiger partial charge < -0.3 is 15.3 Å². The Hall–Kier alpha value is -0.810. The van der Waals surface area contributed by atoms with Crippen LogP contribution >= 0.6 is 0 Å². The third-order valence-electron chi connectivity index (χ3n) is 5.23. The highest BCUT2D eigenvalue weighted by atomic mass is 16.3. The molecule has 0 aromatic carbocycles. The molecule has 2 amide bonds. The molecule has 20 heavy (non-hydrogen) atoms. The molecule has 0 aromatic heterocycles. The van der Waals surface area contributed by atoms with E-state index in [2.05, 4.69) is 10.2 Å². The molecule has 0 bridgehead atoms. The number of nitrogens with zero attached hydrogens (tertiary/aromatic N) is 2. The molecule has 0 saturated carbocycles. The van der Waals surface area contributed by atoms with Crippen molar-refractivity contribution in [3.8, 4) is 0 Å². The number of piperidine rings is 2. The van der Waals surface area contributed by atoms with Crippen molar-refractivity contribution < 1.29 is 9.90 Å². The van der Waals surface area contributed by atoms with Gasteiger partial charge in [0.2, 0.25) is 0 Å². The van der Waals surface area contributed by atoms with Crippen molar-refractivity contribution in [1.29, 1.82) is 0 Å². The van der Waals surface area contributed by atoms with Gasteiger partial charge in [-0.05, 0) is 44.6 Å². The molecule has 3 saturated heterocycles. The van der Waals surface area contributed by atoms with Gasteiger partial charge in [-0.2, -0.15) is 0 Å². The molecule has 3 fully saturated rings. The number of hydrogen-bond donors (Lipinski definition) is 2. The molecule has 3 aliphatic heterocycles. The van der Waals surface area contributed by atoms with Crippen molar-refractivity contribution in [2.45, 2.75) is 50.6 Å². The van der Waals surface area contributed by atoms with Gasteiger partial charge in [0.05, 0.1) is 0 Å². The van der Waals surface area contributed by atoms with E-state index in [-0.39, 0.29) is 18.6 Å². The van der Waals surface area contributed by atoms with Crippen LogP contribution in [0.3, 0.4) is 0 Å². The van der Waals surface area contributed by atoms with Gasteiger partial charge in [-0.15, -0.1) is 0 Å². The minimum Gasteiger partial charge on any atom is -0.396 e. The van der Waals surface area contributed by atoms with Gasteiger partial charge in [0.25, 0.3) is 0 Å². The van der Waals surface area contributed by atoms with Gasteiger partial charge in [0, 0.05) is 38.3 Å². The lowest BCUT2D eigenvalue weighted by Crippen LogP contribution is -2.52. The second-order valence-electron chi connectivity index (χ2n) is 6.58. The summed E-state index contributed by atoms with van der Waals surface area (Å²) in [6, 6.07) is 0.976. The largest absolute Gasteiger partial charge is 0.396 e. The Balaban J connectivity index is 1.53. The van der Waals surface area contributed by atoms with E-state index in [0.717, 1.165) is 32.4 Å². The van der Waals surface area contributed by atoms with Gasteiger partial charge in [0.1, 0.15) is 0 Å². The minimum absolute atomic E-state index is 0.0839. The van der Waals surface area contributed by atoms with E-state index in [9.17, 15) is 9.90 Å².